The summed E-state index contributed by atoms with van der Waals surface area (Å²) in [6.45, 7) is 5.73. The molecule has 102 valence electrons. The van der Waals surface area contributed by atoms with Crippen molar-refractivity contribution in [2.24, 2.45) is 0 Å². The van der Waals surface area contributed by atoms with Crippen LogP contribution in [0.3, 0.4) is 0 Å². The minimum Gasteiger partial charge on any atom is -0.348 e. The molecule has 0 bridgehead atoms. The molecule has 0 unspecified atom stereocenters. The Morgan fingerprint density at radius 2 is 1.78 bits per heavy atom. The van der Waals surface area contributed by atoms with E-state index in [4.69, 9.17) is 9.47 Å². The normalized spacial score (nSPS) is 11.1. The molecule has 0 atom stereocenters. The van der Waals surface area contributed by atoms with Crippen LogP contribution in [0, 0.1) is 0 Å². The Balaban J connectivity index is 2.60. The van der Waals surface area contributed by atoms with Crippen LogP contribution in [-0.2, 0) is 9.47 Å². The van der Waals surface area contributed by atoms with Gasteiger partial charge in [-0.1, -0.05) is 26.7 Å². The van der Waals surface area contributed by atoms with Gasteiger partial charge in [0, 0.05) is 11.8 Å². The monoisotopic (exact) mass is 315 g/mol. The van der Waals surface area contributed by atoms with E-state index >= 15 is 0 Å². The molecule has 0 aliphatic heterocycles. The molecular formula is C14H22BrNO2. The molecule has 1 aromatic rings. The van der Waals surface area contributed by atoms with E-state index in [0.29, 0.717) is 13.2 Å². The number of aromatic nitrogens is 1. The fraction of sp³-hybridized carbons (Fsp3) is 0.643. The van der Waals surface area contributed by atoms with Gasteiger partial charge in [-0.05, 0) is 40.9 Å². The van der Waals surface area contributed by atoms with Crippen LogP contribution >= 0.6 is 15.9 Å². The molecule has 0 saturated heterocycles. The molecule has 0 aromatic carbocycles. The summed E-state index contributed by atoms with van der Waals surface area (Å²) in [6, 6.07) is 3.89. The highest BCUT2D eigenvalue weighted by Gasteiger charge is 2.15. The van der Waals surface area contributed by atoms with E-state index in [-0.39, 0.29) is 6.29 Å². The first kappa shape index (κ1) is 15.6. The van der Waals surface area contributed by atoms with Gasteiger partial charge in [0.15, 0.2) is 6.29 Å². The van der Waals surface area contributed by atoms with Crippen LogP contribution in [0.1, 0.15) is 51.4 Å². The first-order chi connectivity index (χ1) is 8.79. The molecule has 1 heterocycles. The van der Waals surface area contributed by atoms with Crippen LogP contribution in [0.2, 0.25) is 0 Å². The zero-order valence-electron chi connectivity index (χ0n) is 11.2. The Labute approximate surface area is 118 Å². The van der Waals surface area contributed by atoms with Gasteiger partial charge in [0.25, 0.3) is 0 Å². The predicted octanol–water partition coefficient (Wildman–Crippen LogP) is 4.48. The zero-order valence-corrected chi connectivity index (χ0v) is 12.8. The predicted molar refractivity (Wildman–Crippen MR) is 76.4 cm³/mol. The Morgan fingerprint density at radius 3 is 2.28 bits per heavy atom. The van der Waals surface area contributed by atoms with E-state index in [0.717, 1.165) is 35.8 Å². The second kappa shape index (κ2) is 9.48. The number of halogens is 1. The van der Waals surface area contributed by atoms with E-state index in [1.807, 2.05) is 12.1 Å². The lowest BCUT2D eigenvalue weighted by Crippen LogP contribution is -2.12. The first-order valence-electron chi connectivity index (χ1n) is 6.63. The van der Waals surface area contributed by atoms with Crippen molar-refractivity contribution >= 4 is 15.9 Å². The average Bonchev–Trinajstić information content (AvgIpc) is 2.38. The third-order valence-corrected chi connectivity index (χ3v) is 3.24. The lowest BCUT2D eigenvalue weighted by Gasteiger charge is -2.19. The molecule has 18 heavy (non-hydrogen) atoms. The number of rotatable bonds is 9. The highest BCUT2D eigenvalue weighted by Crippen LogP contribution is 2.25. The lowest BCUT2D eigenvalue weighted by molar-refractivity contribution is -0.148. The summed E-state index contributed by atoms with van der Waals surface area (Å²) >= 11 is 3.44. The van der Waals surface area contributed by atoms with E-state index in [1.54, 1.807) is 6.20 Å². The summed E-state index contributed by atoms with van der Waals surface area (Å²) in [7, 11) is 0. The summed E-state index contributed by atoms with van der Waals surface area (Å²) in [5, 5.41) is 0. The van der Waals surface area contributed by atoms with Crippen molar-refractivity contribution in [3.05, 3.63) is 28.5 Å². The van der Waals surface area contributed by atoms with Gasteiger partial charge in [0.1, 0.15) is 4.60 Å². The van der Waals surface area contributed by atoms with Gasteiger partial charge in [0.05, 0.1) is 13.2 Å². The molecule has 4 heteroatoms. The number of hydrogen-bond acceptors (Lipinski definition) is 3. The topological polar surface area (TPSA) is 31.4 Å². The fourth-order valence-corrected chi connectivity index (χ4v) is 1.91. The van der Waals surface area contributed by atoms with Crippen molar-refractivity contribution in [3.8, 4) is 0 Å². The molecule has 0 aliphatic rings. The Hall–Kier alpha value is -0.450. The summed E-state index contributed by atoms with van der Waals surface area (Å²) in [4.78, 5) is 4.21. The number of hydrogen-bond donors (Lipinski definition) is 0. The maximum atomic E-state index is 5.80. The molecule has 3 nitrogen and oxygen atoms in total. The summed E-state index contributed by atoms with van der Waals surface area (Å²) in [6.07, 6.45) is 5.78. The largest absolute Gasteiger partial charge is 0.348 e. The minimum absolute atomic E-state index is 0.314. The standard InChI is InChI=1S/C14H22BrNO2/c1-3-5-10-17-14(18-11-6-4-2)12-8-7-9-16-13(12)15/h7-9,14H,3-6,10-11H2,1-2H3. The lowest BCUT2D eigenvalue weighted by atomic mass is 10.2. The van der Waals surface area contributed by atoms with E-state index in [2.05, 4.69) is 34.8 Å². The van der Waals surface area contributed by atoms with Gasteiger partial charge in [-0.25, -0.2) is 4.98 Å². The van der Waals surface area contributed by atoms with Crippen molar-refractivity contribution in [1.82, 2.24) is 4.98 Å². The van der Waals surface area contributed by atoms with Crippen LogP contribution in [0.25, 0.3) is 0 Å². The minimum atomic E-state index is -0.314. The molecule has 1 aromatic heterocycles. The van der Waals surface area contributed by atoms with Gasteiger partial charge in [0.2, 0.25) is 0 Å². The smallest absolute Gasteiger partial charge is 0.186 e. The quantitative estimate of drug-likeness (QED) is 0.382. The molecule has 0 fully saturated rings. The van der Waals surface area contributed by atoms with E-state index < -0.39 is 0 Å². The molecule has 0 aliphatic carbocycles. The Morgan fingerprint density at radius 1 is 1.17 bits per heavy atom. The second-order valence-electron chi connectivity index (χ2n) is 4.16. The first-order valence-corrected chi connectivity index (χ1v) is 7.42. The summed E-state index contributed by atoms with van der Waals surface area (Å²) in [5.41, 5.74) is 0.963. The number of ether oxygens (including phenoxy) is 2. The van der Waals surface area contributed by atoms with Gasteiger partial charge in [-0.3, -0.25) is 0 Å². The van der Waals surface area contributed by atoms with Gasteiger partial charge < -0.3 is 9.47 Å². The average molecular weight is 316 g/mol. The highest BCUT2D eigenvalue weighted by molar-refractivity contribution is 9.10. The third kappa shape index (κ3) is 5.46. The Bertz CT molecular complexity index is 323. The summed E-state index contributed by atoms with van der Waals surface area (Å²) < 4.78 is 12.4. The van der Waals surface area contributed by atoms with Crippen molar-refractivity contribution in [2.75, 3.05) is 13.2 Å². The number of nitrogens with zero attached hydrogens (tertiary/aromatic N) is 1. The van der Waals surface area contributed by atoms with Crippen molar-refractivity contribution in [2.45, 2.75) is 45.8 Å². The van der Waals surface area contributed by atoms with Crippen LogP contribution in [0.4, 0.5) is 0 Å². The molecule has 1 rings (SSSR count). The van der Waals surface area contributed by atoms with Crippen molar-refractivity contribution < 1.29 is 9.47 Å². The van der Waals surface area contributed by atoms with E-state index in [1.165, 1.54) is 0 Å². The molecule has 0 radical (unpaired) electrons. The molecule has 0 saturated carbocycles. The Kier molecular flexibility index (Phi) is 8.22. The summed E-state index contributed by atoms with van der Waals surface area (Å²) in [5.74, 6) is 0. The molecule has 0 spiro atoms. The maximum Gasteiger partial charge on any atom is 0.186 e. The van der Waals surface area contributed by atoms with Crippen molar-refractivity contribution in [3.63, 3.8) is 0 Å². The van der Waals surface area contributed by atoms with Gasteiger partial charge >= 0.3 is 0 Å². The number of unbranched alkanes of at least 4 members (excludes halogenated alkanes) is 2. The van der Waals surface area contributed by atoms with Crippen LogP contribution in [0.15, 0.2) is 22.9 Å². The third-order valence-electron chi connectivity index (χ3n) is 2.58. The van der Waals surface area contributed by atoms with Crippen LogP contribution in [-0.4, -0.2) is 18.2 Å². The fourth-order valence-electron chi connectivity index (χ4n) is 1.47. The van der Waals surface area contributed by atoms with Crippen LogP contribution in [0.5, 0.6) is 0 Å². The second-order valence-corrected chi connectivity index (χ2v) is 4.92. The van der Waals surface area contributed by atoms with Crippen LogP contribution < -0.4 is 0 Å². The molecule has 0 N–H and O–H groups in total. The van der Waals surface area contributed by atoms with Crippen molar-refractivity contribution in [1.29, 1.82) is 0 Å². The number of pyridine rings is 1. The zero-order chi connectivity index (χ0) is 13.2. The molecule has 0 amide bonds. The maximum absolute atomic E-state index is 5.80. The SMILES string of the molecule is CCCCOC(OCCCC)c1cccnc1Br. The van der Waals surface area contributed by atoms with Gasteiger partial charge in [-0.2, -0.15) is 0 Å². The van der Waals surface area contributed by atoms with E-state index in [9.17, 15) is 0 Å². The van der Waals surface area contributed by atoms with Gasteiger partial charge in [-0.15, -0.1) is 0 Å². The molecular weight excluding hydrogens is 294 g/mol. The highest BCUT2D eigenvalue weighted by atomic mass is 79.9.